The second-order valence-corrected chi connectivity index (χ2v) is 9.43. The molecule has 5 heterocycles. The van der Waals surface area contributed by atoms with Gasteiger partial charge in [0, 0.05) is 65.5 Å². The van der Waals surface area contributed by atoms with Crippen molar-refractivity contribution in [3.63, 3.8) is 0 Å². The van der Waals surface area contributed by atoms with E-state index in [0.717, 1.165) is 48.5 Å². The number of aromatic nitrogens is 4. The SMILES string of the molecule is COc1ccc(-c2ccc3c([C@@H]4CN(Cc5ccc(C)s5)CCN4C)nnn3c2)cn1. The molecule has 1 saturated heterocycles. The fourth-order valence-corrected chi connectivity index (χ4v) is 5.09. The van der Waals surface area contributed by atoms with E-state index in [0.29, 0.717) is 5.88 Å². The van der Waals surface area contributed by atoms with Crippen LogP contribution in [0.5, 0.6) is 5.88 Å². The van der Waals surface area contributed by atoms with Gasteiger partial charge in [-0.2, -0.15) is 0 Å². The molecule has 5 rings (SSSR count). The first kappa shape index (κ1) is 20.1. The molecular weight excluding hydrogens is 408 g/mol. The molecule has 0 amide bonds. The quantitative estimate of drug-likeness (QED) is 0.478. The van der Waals surface area contributed by atoms with Crippen LogP contribution in [0.4, 0.5) is 0 Å². The smallest absolute Gasteiger partial charge is 0.212 e. The van der Waals surface area contributed by atoms with Crippen LogP contribution in [0.3, 0.4) is 0 Å². The Morgan fingerprint density at radius 2 is 1.97 bits per heavy atom. The number of ether oxygens (including phenoxy) is 1. The number of fused-ring (bicyclic) bond motifs is 1. The summed E-state index contributed by atoms with van der Waals surface area (Å²) in [6.07, 6.45) is 3.83. The first-order valence-corrected chi connectivity index (χ1v) is 11.3. The second kappa shape index (κ2) is 8.37. The van der Waals surface area contributed by atoms with Gasteiger partial charge < -0.3 is 4.74 Å². The number of nitrogens with zero attached hydrogens (tertiary/aromatic N) is 6. The molecule has 4 aromatic heterocycles. The minimum atomic E-state index is 0.223. The lowest BCUT2D eigenvalue weighted by molar-refractivity contribution is 0.0896. The number of hydrogen-bond donors (Lipinski definition) is 0. The van der Waals surface area contributed by atoms with Crippen LogP contribution in [0.25, 0.3) is 16.6 Å². The number of thiophene rings is 1. The van der Waals surface area contributed by atoms with Crippen molar-refractivity contribution in [2.24, 2.45) is 0 Å². The molecule has 0 N–H and O–H groups in total. The Balaban J connectivity index is 1.39. The molecule has 160 valence electrons. The molecule has 0 aromatic carbocycles. The van der Waals surface area contributed by atoms with E-state index >= 15 is 0 Å². The number of hydrogen-bond acceptors (Lipinski definition) is 7. The average Bonchev–Trinajstić information content (AvgIpc) is 3.40. The maximum atomic E-state index is 5.16. The molecule has 0 aliphatic carbocycles. The average molecular weight is 435 g/mol. The van der Waals surface area contributed by atoms with Crippen molar-refractivity contribution in [1.82, 2.24) is 29.6 Å². The predicted octanol–water partition coefficient (Wildman–Crippen LogP) is 3.66. The van der Waals surface area contributed by atoms with E-state index in [1.165, 1.54) is 9.75 Å². The van der Waals surface area contributed by atoms with Gasteiger partial charge in [-0.25, -0.2) is 9.50 Å². The van der Waals surface area contributed by atoms with Crippen molar-refractivity contribution in [2.45, 2.75) is 19.5 Å². The van der Waals surface area contributed by atoms with Crippen molar-refractivity contribution in [2.75, 3.05) is 33.8 Å². The Morgan fingerprint density at radius 3 is 2.71 bits per heavy atom. The molecule has 1 fully saturated rings. The van der Waals surface area contributed by atoms with Crippen LogP contribution in [-0.2, 0) is 6.54 Å². The molecule has 0 bridgehead atoms. The monoisotopic (exact) mass is 434 g/mol. The summed E-state index contributed by atoms with van der Waals surface area (Å²) in [7, 11) is 3.80. The highest BCUT2D eigenvalue weighted by Gasteiger charge is 2.29. The summed E-state index contributed by atoms with van der Waals surface area (Å²) in [4.78, 5) is 12.0. The largest absolute Gasteiger partial charge is 0.481 e. The summed E-state index contributed by atoms with van der Waals surface area (Å²) in [5.41, 5.74) is 4.16. The highest BCUT2D eigenvalue weighted by molar-refractivity contribution is 7.11. The van der Waals surface area contributed by atoms with Crippen molar-refractivity contribution in [3.05, 3.63) is 64.2 Å². The van der Waals surface area contributed by atoms with Crippen molar-refractivity contribution >= 4 is 16.9 Å². The molecular formula is C23H26N6OS. The van der Waals surface area contributed by atoms with E-state index in [4.69, 9.17) is 4.74 Å². The van der Waals surface area contributed by atoms with Crippen molar-refractivity contribution in [1.29, 1.82) is 0 Å². The standard InChI is InChI=1S/C23H26N6OS/c1-16-4-7-19(31-16)14-28-11-10-27(2)21(15-28)23-20-8-5-18(13-29(20)26-25-23)17-6-9-22(30-3)24-12-17/h4-9,12-13,21H,10-11,14-15H2,1-3H3/t21-/m0/s1. The molecule has 0 unspecified atom stereocenters. The van der Waals surface area contributed by atoms with Crippen LogP contribution < -0.4 is 4.74 Å². The van der Waals surface area contributed by atoms with Gasteiger partial charge in [-0.05, 0) is 38.2 Å². The van der Waals surface area contributed by atoms with Gasteiger partial charge in [0.15, 0.2) is 0 Å². The molecule has 1 atom stereocenters. The lowest BCUT2D eigenvalue weighted by Gasteiger charge is -2.38. The lowest BCUT2D eigenvalue weighted by Crippen LogP contribution is -2.46. The lowest BCUT2D eigenvalue weighted by atomic mass is 10.1. The van der Waals surface area contributed by atoms with Crippen LogP contribution in [0.2, 0.25) is 0 Å². The molecule has 4 aromatic rings. The van der Waals surface area contributed by atoms with E-state index < -0.39 is 0 Å². The number of likely N-dealkylation sites (N-methyl/N-ethyl adjacent to an activating group) is 1. The summed E-state index contributed by atoms with van der Waals surface area (Å²) >= 11 is 1.88. The zero-order valence-corrected chi connectivity index (χ0v) is 18.8. The highest BCUT2D eigenvalue weighted by atomic mass is 32.1. The minimum absolute atomic E-state index is 0.223. The number of rotatable bonds is 5. The molecule has 1 aliphatic heterocycles. The van der Waals surface area contributed by atoms with Gasteiger partial charge in [-0.1, -0.05) is 11.3 Å². The van der Waals surface area contributed by atoms with Crippen molar-refractivity contribution < 1.29 is 4.74 Å². The Bertz CT molecular complexity index is 1180. The zero-order chi connectivity index (χ0) is 21.4. The second-order valence-electron chi connectivity index (χ2n) is 8.06. The number of piperazine rings is 1. The summed E-state index contributed by atoms with van der Waals surface area (Å²) in [6, 6.07) is 12.8. The van der Waals surface area contributed by atoms with Crippen LogP contribution in [0.1, 0.15) is 21.5 Å². The Morgan fingerprint density at radius 1 is 1.10 bits per heavy atom. The highest BCUT2D eigenvalue weighted by Crippen LogP contribution is 2.29. The van der Waals surface area contributed by atoms with E-state index in [-0.39, 0.29) is 6.04 Å². The molecule has 7 nitrogen and oxygen atoms in total. The van der Waals surface area contributed by atoms with E-state index in [9.17, 15) is 0 Å². The van der Waals surface area contributed by atoms with Gasteiger partial charge in [0.25, 0.3) is 0 Å². The summed E-state index contributed by atoms with van der Waals surface area (Å²) in [5, 5.41) is 9.03. The number of pyridine rings is 2. The zero-order valence-electron chi connectivity index (χ0n) is 18.0. The van der Waals surface area contributed by atoms with E-state index in [1.54, 1.807) is 7.11 Å². The maximum absolute atomic E-state index is 5.16. The van der Waals surface area contributed by atoms with Gasteiger partial charge >= 0.3 is 0 Å². The first-order valence-electron chi connectivity index (χ1n) is 10.4. The molecule has 0 radical (unpaired) electrons. The topological polar surface area (TPSA) is 58.8 Å². The summed E-state index contributed by atoms with van der Waals surface area (Å²) < 4.78 is 7.04. The Hall–Kier alpha value is -2.81. The number of methoxy groups -OCH3 is 1. The summed E-state index contributed by atoms with van der Waals surface area (Å²) in [6.45, 7) is 6.20. The Labute approximate surface area is 185 Å². The third kappa shape index (κ3) is 4.06. The van der Waals surface area contributed by atoms with Crippen LogP contribution >= 0.6 is 11.3 Å². The third-order valence-electron chi connectivity index (χ3n) is 5.94. The van der Waals surface area contributed by atoms with Crippen LogP contribution in [0, 0.1) is 6.92 Å². The fourth-order valence-electron chi connectivity index (χ4n) is 4.15. The van der Waals surface area contributed by atoms with Gasteiger partial charge in [0.2, 0.25) is 5.88 Å². The fraction of sp³-hybridized carbons (Fsp3) is 0.348. The molecule has 31 heavy (non-hydrogen) atoms. The van der Waals surface area contributed by atoms with Crippen molar-refractivity contribution in [3.8, 4) is 17.0 Å². The van der Waals surface area contributed by atoms with Gasteiger partial charge in [0.1, 0.15) is 5.69 Å². The summed E-state index contributed by atoms with van der Waals surface area (Å²) in [5.74, 6) is 0.607. The normalized spacial score (nSPS) is 18.0. The van der Waals surface area contributed by atoms with Gasteiger partial charge in [-0.15, -0.1) is 16.4 Å². The van der Waals surface area contributed by atoms with Gasteiger partial charge in [0.05, 0.1) is 18.7 Å². The first-order chi connectivity index (χ1) is 15.1. The molecule has 0 saturated carbocycles. The number of aryl methyl sites for hydroxylation is 1. The Kier molecular flexibility index (Phi) is 5.43. The van der Waals surface area contributed by atoms with Crippen LogP contribution in [0.15, 0.2) is 48.8 Å². The maximum Gasteiger partial charge on any atom is 0.212 e. The van der Waals surface area contributed by atoms with Gasteiger partial charge in [-0.3, -0.25) is 9.80 Å². The third-order valence-corrected chi connectivity index (χ3v) is 6.93. The van der Waals surface area contributed by atoms with E-state index in [1.807, 2.05) is 40.4 Å². The minimum Gasteiger partial charge on any atom is -0.481 e. The molecule has 8 heteroatoms. The molecule has 0 spiro atoms. The van der Waals surface area contributed by atoms with Crippen LogP contribution in [-0.4, -0.2) is 63.4 Å². The van der Waals surface area contributed by atoms with E-state index in [2.05, 4.69) is 63.3 Å². The predicted molar refractivity (Wildman–Crippen MR) is 122 cm³/mol. The molecule has 1 aliphatic rings.